The third kappa shape index (κ3) is 3.39. The number of halogens is 1. The molecule has 2 N–H and O–H groups in total. The molecule has 92 valence electrons. The highest BCUT2D eigenvalue weighted by atomic mass is 19.1. The Labute approximate surface area is 98.2 Å². The second kappa shape index (κ2) is 5.09. The summed E-state index contributed by atoms with van der Waals surface area (Å²) in [6.45, 7) is 1.34. The van der Waals surface area contributed by atoms with Crippen LogP contribution in [0, 0.1) is 15.9 Å². The summed E-state index contributed by atoms with van der Waals surface area (Å²) >= 11 is 0. The standard InChI is InChI=1S/C11H14FN3O2/c12-8-1-4-10(11(7-8)15(16)17)14-6-5-13-9-2-3-9/h1,4,7,9,13-14H,2-3,5-6H2. The molecule has 1 aromatic carbocycles. The van der Waals surface area contributed by atoms with Crippen molar-refractivity contribution < 1.29 is 9.31 Å². The van der Waals surface area contributed by atoms with Crippen LogP contribution in [-0.4, -0.2) is 24.1 Å². The van der Waals surface area contributed by atoms with Crippen molar-refractivity contribution in [1.82, 2.24) is 5.32 Å². The van der Waals surface area contributed by atoms with Crippen LogP contribution in [0.5, 0.6) is 0 Å². The maximum Gasteiger partial charge on any atom is 0.295 e. The number of nitrogens with zero attached hydrogens (tertiary/aromatic N) is 1. The summed E-state index contributed by atoms with van der Waals surface area (Å²) in [5.74, 6) is -0.599. The number of anilines is 1. The number of nitrogens with one attached hydrogen (secondary N) is 2. The maximum absolute atomic E-state index is 12.9. The van der Waals surface area contributed by atoms with E-state index < -0.39 is 10.7 Å². The van der Waals surface area contributed by atoms with Crippen LogP contribution in [0.15, 0.2) is 18.2 Å². The van der Waals surface area contributed by atoms with Gasteiger partial charge in [0.25, 0.3) is 5.69 Å². The van der Waals surface area contributed by atoms with E-state index in [1.165, 1.54) is 25.0 Å². The first-order valence-corrected chi connectivity index (χ1v) is 5.58. The van der Waals surface area contributed by atoms with Crippen molar-refractivity contribution in [3.63, 3.8) is 0 Å². The third-order valence-corrected chi connectivity index (χ3v) is 2.61. The SMILES string of the molecule is O=[N+]([O-])c1cc(F)ccc1NCCNC1CC1. The van der Waals surface area contributed by atoms with Crippen molar-refractivity contribution in [2.24, 2.45) is 0 Å². The lowest BCUT2D eigenvalue weighted by Crippen LogP contribution is -2.24. The zero-order valence-electron chi connectivity index (χ0n) is 9.28. The van der Waals surface area contributed by atoms with E-state index in [1.807, 2.05) is 0 Å². The second-order valence-electron chi connectivity index (χ2n) is 4.07. The molecule has 0 unspecified atom stereocenters. The smallest absolute Gasteiger partial charge is 0.295 e. The lowest BCUT2D eigenvalue weighted by Gasteiger charge is -2.07. The van der Waals surface area contributed by atoms with Gasteiger partial charge in [0.15, 0.2) is 0 Å². The van der Waals surface area contributed by atoms with Gasteiger partial charge in [0.2, 0.25) is 0 Å². The Bertz CT molecular complexity index is 421. The number of nitro groups is 1. The summed E-state index contributed by atoms with van der Waals surface area (Å²) in [6.07, 6.45) is 2.41. The fourth-order valence-corrected chi connectivity index (χ4v) is 1.57. The summed E-state index contributed by atoms with van der Waals surface area (Å²) in [7, 11) is 0. The maximum atomic E-state index is 12.9. The predicted octanol–water partition coefficient (Wildman–Crippen LogP) is 1.90. The van der Waals surface area contributed by atoms with E-state index in [2.05, 4.69) is 10.6 Å². The predicted molar refractivity (Wildman–Crippen MR) is 62.6 cm³/mol. The van der Waals surface area contributed by atoms with Crippen molar-refractivity contribution in [3.05, 3.63) is 34.1 Å². The van der Waals surface area contributed by atoms with Crippen molar-refractivity contribution in [3.8, 4) is 0 Å². The van der Waals surface area contributed by atoms with E-state index in [1.54, 1.807) is 0 Å². The minimum Gasteiger partial charge on any atom is -0.378 e. The van der Waals surface area contributed by atoms with E-state index in [9.17, 15) is 14.5 Å². The van der Waals surface area contributed by atoms with Crippen molar-refractivity contribution >= 4 is 11.4 Å². The van der Waals surface area contributed by atoms with E-state index in [0.717, 1.165) is 12.6 Å². The molecule has 0 atom stereocenters. The molecule has 0 amide bonds. The highest BCUT2D eigenvalue weighted by Gasteiger charge is 2.20. The Kier molecular flexibility index (Phi) is 3.53. The van der Waals surface area contributed by atoms with Gasteiger partial charge < -0.3 is 10.6 Å². The molecule has 1 saturated carbocycles. The largest absolute Gasteiger partial charge is 0.378 e. The minimum absolute atomic E-state index is 0.226. The van der Waals surface area contributed by atoms with Crippen molar-refractivity contribution in [1.29, 1.82) is 0 Å². The molecule has 17 heavy (non-hydrogen) atoms. The molecule has 0 radical (unpaired) electrons. The van der Waals surface area contributed by atoms with Crippen LogP contribution in [0.3, 0.4) is 0 Å². The fourth-order valence-electron chi connectivity index (χ4n) is 1.57. The summed E-state index contributed by atoms with van der Waals surface area (Å²) in [4.78, 5) is 10.1. The molecular weight excluding hydrogens is 225 g/mol. The first-order chi connectivity index (χ1) is 8.16. The van der Waals surface area contributed by atoms with E-state index in [-0.39, 0.29) is 5.69 Å². The molecule has 0 saturated heterocycles. The molecule has 6 heteroatoms. The molecule has 1 aliphatic carbocycles. The average molecular weight is 239 g/mol. The van der Waals surface area contributed by atoms with Crippen LogP contribution in [0.25, 0.3) is 0 Å². The highest BCUT2D eigenvalue weighted by Crippen LogP contribution is 2.24. The quantitative estimate of drug-likeness (QED) is 0.452. The van der Waals surface area contributed by atoms with Crippen LogP contribution in [0.4, 0.5) is 15.8 Å². The van der Waals surface area contributed by atoms with Gasteiger partial charge in [-0.25, -0.2) is 4.39 Å². The van der Waals surface area contributed by atoms with Crippen molar-refractivity contribution in [2.45, 2.75) is 18.9 Å². The summed E-state index contributed by atoms with van der Waals surface area (Å²) in [6, 6.07) is 4.14. The highest BCUT2D eigenvalue weighted by molar-refractivity contribution is 5.61. The van der Waals surface area contributed by atoms with Gasteiger partial charge in [-0.05, 0) is 25.0 Å². The van der Waals surface area contributed by atoms with Gasteiger partial charge in [-0.3, -0.25) is 10.1 Å². The van der Waals surface area contributed by atoms with Gasteiger partial charge in [-0.1, -0.05) is 0 Å². The summed E-state index contributed by atoms with van der Waals surface area (Å²) < 4.78 is 12.9. The summed E-state index contributed by atoms with van der Waals surface area (Å²) in [5.41, 5.74) is 0.130. The zero-order valence-corrected chi connectivity index (χ0v) is 9.28. The molecule has 0 aliphatic heterocycles. The van der Waals surface area contributed by atoms with Crippen molar-refractivity contribution in [2.75, 3.05) is 18.4 Å². The molecular formula is C11H14FN3O2. The van der Waals surface area contributed by atoms with Crippen LogP contribution in [0.2, 0.25) is 0 Å². The first-order valence-electron chi connectivity index (χ1n) is 5.58. The van der Waals surface area contributed by atoms with Gasteiger partial charge in [0.1, 0.15) is 11.5 Å². The topological polar surface area (TPSA) is 67.2 Å². The zero-order chi connectivity index (χ0) is 12.3. The van der Waals surface area contributed by atoms with Gasteiger partial charge in [0, 0.05) is 19.1 Å². The van der Waals surface area contributed by atoms with Gasteiger partial charge in [-0.15, -0.1) is 0 Å². The molecule has 5 nitrogen and oxygen atoms in total. The molecule has 2 rings (SSSR count). The number of nitro benzene ring substituents is 1. The Hall–Kier alpha value is -1.69. The summed E-state index contributed by atoms with van der Waals surface area (Å²) in [5, 5.41) is 16.9. The molecule has 1 fully saturated rings. The lowest BCUT2D eigenvalue weighted by atomic mass is 10.2. The fraction of sp³-hybridized carbons (Fsp3) is 0.455. The van der Waals surface area contributed by atoms with Crippen LogP contribution in [0.1, 0.15) is 12.8 Å². The molecule has 0 bridgehead atoms. The van der Waals surface area contributed by atoms with Crippen LogP contribution < -0.4 is 10.6 Å². The Balaban J connectivity index is 1.91. The molecule has 0 aromatic heterocycles. The van der Waals surface area contributed by atoms with E-state index in [4.69, 9.17) is 0 Å². The van der Waals surface area contributed by atoms with Gasteiger partial charge >= 0.3 is 0 Å². The van der Waals surface area contributed by atoms with Gasteiger partial charge in [0.05, 0.1) is 11.0 Å². The van der Waals surface area contributed by atoms with E-state index >= 15 is 0 Å². The molecule has 0 spiro atoms. The molecule has 0 heterocycles. The van der Waals surface area contributed by atoms with Crippen LogP contribution >= 0.6 is 0 Å². The lowest BCUT2D eigenvalue weighted by molar-refractivity contribution is -0.384. The molecule has 1 aromatic rings. The number of hydrogen-bond donors (Lipinski definition) is 2. The number of rotatable bonds is 6. The number of benzene rings is 1. The molecule has 1 aliphatic rings. The monoisotopic (exact) mass is 239 g/mol. The minimum atomic E-state index is -0.599. The third-order valence-electron chi connectivity index (χ3n) is 2.61. The Morgan fingerprint density at radius 2 is 2.18 bits per heavy atom. The number of hydrogen-bond acceptors (Lipinski definition) is 4. The van der Waals surface area contributed by atoms with Crippen LogP contribution in [-0.2, 0) is 0 Å². The average Bonchev–Trinajstić information content (AvgIpc) is 3.09. The van der Waals surface area contributed by atoms with E-state index in [0.29, 0.717) is 18.3 Å². The normalized spacial score (nSPS) is 14.6. The Morgan fingerprint density at radius 3 is 2.82 bits per heavy atom. The van der Waals surface area contributed by atoms with Gasteiger partial charge in [-0.2, -0.15) is 0 Å². The second-order valence-corrected chi connectivity index (χ2v) is 4.07. The first kappa shape index (κ1) is 11.8. The Morgan fingerprint density at radius 1 is 1.41 bits per heavy atom.